The first-order valence-corrected chi connectivity index (χ1v) is 7.47. The van der Waals surface area contributed by atoms with E-state index in [0.717, 1.165) is 16.6 Å². The van der Waals surface area contributed by atoms with E-state index in [9.17, 15) is 4.79 Å². The Morgan fingerprint density at radius 1 is 1.29 bits per heavy atom. The highest BCUT2D eigenvalue weighted by molar-refractivity contribution is 9.10. The molecule has 110 valence electrons. The topological polar surface area (TPSA) is 58.1 Å². The van der Waals surface area contributed by atoms with Crippen molar-refractivity contribution >= 4 is 27.7 Å². The van der Waals surface area contributed by atoms with Crippen molar-refractivity contribution in [1.82, 2.24) is 15.1 Å². The summed E-state index contributed by atoms with van der Waals surface area (Å²) in [7, 11) is 1.75. The Labute approximate surface area is 132 Å². The summed E-state index contributed by atoms with van der Waals surface area (Å²) >= 11 is 3.42. The molecule has 21 heavy (non-hydrogen) atoms. The Kier molecular flexibility index (Phi) is 5.27. The molecule has 1 N–H and O–H groups in total. The monoisotopic (exact) mass is 348 g/mol. The number of nitrogens with zero attached hydrogens (tertiary/aromatic N) is 3. The summed E-state index contributed by atoms with van der Waals surface area (Å²) < 4.78 is 0.996. The van der Waals surface area contributed by atoms with Crippen molar-refractivity contribution < 1.29 is 4.79 Å². The molecule has 0 unspecified atom stereocenters. The summed E-state index contributed by atoms with van der Waals surface area (Å²) in [4.78, 5) is 13.9. The summed E-state index contributed by atoms with van der Waals surface area (Å²) in [6.07, 6.45) is 0. The van der Waals surface area contributed by atoms with Crippen LogP contribution in [0.5, 0.6) is 0 Å². The largest absolute Gasteiger partial charge is 0.369 e. The fraction of sp³-hybridized carbons (Fsp3) is 0.267. The van der Waals surface area contributed by atoms with Crippen LogP contribution in [0.15, 0.2) is 40.9 Å². The molecule has 0 atom stereocenters. The van der Waals surface area contributed by atoms with Crippen LogP contribution in [0.2, 0.25) is 0 Å². The van der Waals surface area contributed by atoms with Gasteiger partial charge in [-0.05, 0) is 36.8 Å². The van der Waals surface area contributed by atoms with Crippen molar-refractivity contribution in [1.29, 1.82) is 0 Å². The normalized spacial score (nSPS) is 10.2. The van der Waals surface area contributed by atoms with Crippen molar-refractivity contribution in [2.24, 2.45) is 0 Å². The van der Waals surface area contributed by atoms with Crippen LogP contribution in [0.25, 0.3) is 0 Å². The third-order valence-electron chi connectivity index (χ3n) is 2.90. The number of hydrogen-bond acceptors (Lipinski definition) is 4. The highest BCUT2D eigenvalue weighted by atomic mass is 79.9. The van der Waals surface area contributed by atoms with E-state index >= 15 is 0 Å². The van der Waals surface area contributed by atoms with E-state index in [1.165, 1.54) is 0 Å². The highest BCUT2D eigenvalue weighted by Crippen LogP contribution is 2.14. The lowest BCUT2D eigenvalue weighted by molar-refractivity contribution is 0.0778. The molecule has 0 bridgehead atoms. The predicted molar refractivity (Wildman–Crippen MR) is 86.1 cm³/mol. The van der Waals surface area contributed by atoms with Gasteiger partial charge in [0.05, 0.1) is 0 Å². The zero-order chi connectivity index (χ0) is 15.2. The van der Waals surface area contributed by atoms with Gasteiger partial charge in [-0.3, -0.25) is 4.79 Å². The van der Waals surface area contributed by atoms with Crippen LogP contribution in [0.4, 0.5) is 5.82 Å². The van der Waals surface area contributed by atoms with Gasteiger partial charge in [0.2, 0.25) is 0 Å². The lowest BCUT2D eigenvalue weighted by Crippen LogP contribution is -2.27. The Hall–Kier alpha value is -1.95. The second-order valence-electron chi connectivity index (χ2n) is 4.63. The number of carbonyl (C=O) groups excluding carboxylic acids is 1. The molecule has 0 spiro atoms. The van der Waals surface area contributed by atoms with Gasteiger partial charge in [0.25, 0.3) is 5.91 Å². The lowest BCUT2D eigenvalue weighted by atomic mass is 10.2. The summed E-state index contributed by atoms with van der Waals surface area (Å²) in [5.74, 6) is 0.522. The van der Waals surface area contributed by atoms with Crippen LogP contribution >= 0.6 is 15.9 Å². The number of halogens is 1. The lowest BCUT2D eigenvalue weighted by Gasteiger charge is -2.16. The molecule has 0 aliphatic carbocycles. The van der Waals surface area contributed by atoms with Crippen LogP contribution in [0, 0.1) is 0 Å². The average Bonchev–Trinajstić information content (AvgIpc) is 2.47. The molecule has 1 aromatic carbocycles. The van der Waals surface area contributed by atoms with Crippen LogP contribution in [-0.2, 0) is 6.54 Å². The molecule has 0 radical (unpaired) electrons. The van der Waals surface area contributed by atoms with E-state index in [0.29, 0.717) is 18.1 Å². The van der Waals surface area contributed by atoms with E-state index in [-0.39, 0.29) is 5.91 Å². The van der Waals surface area contributed by atoms with Gasteiger partial charge in [-0.2, -0.15) is 0 Å². The van der Waals surface area contributed by atoms with Crippen molar-refractivity contribution in [2.75, 3.05) is 18.9 Å². The Bertz CT molecular complexity index is 615. The SMILES string of the molecule is CCNc1ccc(C(=O)N(C)Cc2cccc(Br)c2)nn1. The summed E-state index contributed by atoms with van der Waals surface area (Å²) in [5, 5.41) is 11.0. The number of hydrogen-bond donors (Lipinski definition) is 1. The third kappa shape index (κ3) is 4.26. The number of nitrogens with one attached hydrogen (secondary N) is 1. The number of aromatic nitrogens is 2. The predicted octanol–water partition coefficient (Wildman–Crippen LogP) is 2.94. The maximum atomic E-state index is 12.3. The van der Waals surface area contributed by atoms with Gasteiger partial charge in [-0.15, -0.1) is 10.2 Å². The average molecular weight is 349 g/mol. The number of benzene rings is 1. The minimum Gasteiger partial charge on any atom is -0.369 e. The Morgan fingerprint density at radius 2 is 2.10 bits per heavy atom. The fourth-order valence-electron chi connectivity index (χ4n) is 1.90. The van der Waals surface area contributed by atoms with Crippen molar-refractivity contribution in [2.45, 2.75) is 13.5 Å². The van der Waals surface area contributed by atoms with E-state index < -0.39 is 0 Å². The Morgan fingerprint density at radius 3 is 2.71 bits per heavy atom. The van der Waals surface area contributed by atoms with Gasteiger partial charge in [-0.25, -0.2) is 0 Å². The maximum Gasteiger partial charge on any atom is 0.274 e. The second-order valence-corrected chi connectivity index (χ2v) is 5.54. The number of anilines is 1. The summed E-state index contributed by atoms with van der Waals surface area (Å²) in [6.45, 7) is 3.27. The molecule has 6 heteroatoms. The molecular formula is C15H17BrN4O. The van der Waals surface area contributed by atoms with E-state index in [2.05, 4.69) is 31.4 Å². The minimum atomic E-state index is -0.148. The highest BCUT2D eigenvalue weighted by Gasteiger charge is 2.14. The van der Waals surface area contributed by atoms with Crippen LogP contribution in [0.1, 0.15) is 23.0 Å². The first kappa shape index (κ1) is 15.4. The molecule has 0 fully saturated rings. The zero-order valence-electron chi connectivity index (χ0n) is 12.0. The van der Waals surface area contributed by atoms with E-state index in [1.807, 2.05) is 31.2 Å². The van der Waals surface area contributed by atoms with Gasteiger partial charge in [0.1, 0.15) is 5.82 Å². The van der Waals surface area contributed by atoms with Crippen LogP contribution in [-0.4, -0.2) is 34.6 Å². The van der Waals surface area contributed by atoms with Gasteiger partial charge in [0.15, 0.2) is 5.69 Å². The first-order chi connectivity index (χ1) is 10.1. The molecule has 1 heterocycles. The Balaban J connectivity index is 2.04. The first-order valence-electron chi connectivity index (χ1n) is 6.67. The fourth-order valence-corrected chi connectivity index (χ4v) is 2.34. The molecule has 2 rings (SSSR count). The van der Waals surface area contributed by atoms with Crippen molar-refractivity contribution in [3.63, 3.8) is 0 Å². The number of amides is 1. The molecule has 0 saturated carbocycles. The molecule has 1 amide bonds. The molecule has 5 nitrogen and oxygen atoms in total. The van der Waals surface area contributed by atoms with Crippen LogP contribution in [0.3, 0.4) is 0 Å². The zero-order valence-corrected chi connectivity index (χ0v) is 13.6. The summed E-state index contributed by atoms with van der Waals surface area (Å²) in [5.41, 5.74) is 1.40. The minimum absolute atomic E-state index is 0.148. The second kappa shape index (κ2) is 7.17. The van der Waals surface area contributed by atoms with Crippen molar-refractivity contribution in [3.05, 3.63) is 52.1 Å². The standard InChI is InChI=1S/C15H17BrN4O/c1-3-17-14-8-7-13(18-19-14)15(21)20(2)10-11-5-4-6-12(16)9-11/h4-9H,3,10H2,1-2H3,(H,17,19). The molecule has 0 aliphatic heterocycles. The summed E-state index contributed by atoms with van der Waals surface area (Å²) in [6, 6.07) is 11.3. The van der Waals surface area contributed by atoms with Crippen molar-refractivity contribution in [3.8, 4) is 0 Å². The van der Waals surface area contributed by atoms with E-state index in [4.69, 9.17) is 0 Å². The molecule has 2 aromatic rings. The number of carbonyl (C=O) groups is 1. The van der Waals surface area contributed by atoms with Gasteiger partial charge >= 0.3 is 0 Å². The smallest absolute Gasteiger partial charge is 0.274 e. The molecule has 0 saturated heterocycles. The van der Waals surface area contributed by atoms with Gasteiger partial charge < -0.3 is 10.2 Å². The molecule has 0 aliphatic rings. The molecule has 1 aromatic heterocycles. The quantitative estimate of drug-likeness (QED) is 0.902. The van der Waals surface area contributed by atoms with Gasteiger partial charge in [-0.1, -0.05) is 28.1 Å². The molecular weight excluding hydrogens is 332 g/mol. The third-order valence-corrected chi connectivity index (χ3v) is 3.39. The van der Waals surface area contributed by atoms with Crippen LogP contribution < -0.4 is 5.32 Å². The van der Waals surface area contributed by atoms with E-state index in [1.54, 1.807) is 24.1 Å². The van der Waals surface area contributed by atoms with Gasteiger partial charge in [0, 0.05) is 24.6 Å². The maximum absolute atomic E-state index is 12.3. The number of rotatable bonds is 5.